The summed E-state index contributed by atoms with van der Waals surface area (Å²) >= 11 is 0. The number of aromatic nitrogens is 3. The maximum absolute atomic E-state index is 14.0. The van der Waals surface area contributed by atoms with Gasteiger partial charge in [0.2, 0.25) is 0 Å². The highest BCUT2D eigenvalue weighted by Crippen LogP contribution is 2.74. The Morgan fingerprint density at radius 2 is 1.82 bits per heavy atom. The summed E-state index contributed by atoms with van der Waals surface area (Å²) in [7, 11) is 1.63. The molecular weight excluding hydrogens is 476 g/mol. The molecule has 2 aromatic rings. The van der Waals surface area contributed by atoms with Crippen LogP contribution in [0.15, 0.2) is 18.2 Å². The lowest BCUT2D eigenvalue weighted by molar-refractivity contribution is -0.190. The summed E-state index contributed by atoms with van der Waals surface area (Å²) in [5.41, 5.74) is 7.89. The zero-order valence-electron chi connectivity index (χ0n) is 23.9. The molecule has 4 aliphatic rings. The Kier molecular flexibility index (Phi) is 5.87. The van der Waals surface area contributed by atoms with Gasteiger partial charge in [-0.1, -0.05) is 26.8 Å². The van der Waals surface area contributed by atoms with Crippen molar-refractivity contribution < 1.29 is 14.6 Å². The van der Waals surface area contributed by atoms with Crippen LogP contribution in [0.25, 0.3) is 11.0 Å². The maximum Gasteiger partial charge on any atom is 0.159 e. The van der Waals surface area contributed by atoms with Crippen molar-refractivity contribution in [1.82, 2.24) is 15.0 Å². The van der Waals surface area contributed by atoms with Crippen molar-refractivity contribution in [3.8, 4) is 5.75 Å². The lowest BCUT2D eigenvalue weighted by Gasteiger charge is -2.68. The van der Waals surface area contributed by atoms with Gasteiger partial charge in [0.15, 0.2) is 11.3 Å². The summed E-state index contributed by atoms with van der Waals surface area (Å²) in [6.45, 7) is 9.41. The Balaban J connectivity index is 1.28. The Morgan fingerprint density at radius 1 is 1.05 bits per heavy atom. The van der Waals surface area contributed by atoms with Crippen LogP contribution in [0.2, 0.25) is 0 Å². The summed E-state index contributed by atoms with van der Waals surface area (Å²) < 4.78 is 5.45. The molecule has 7 nitrogen and oxygen atoms in total. The molecule has 4 saturated carbocycles. The lowest BCUT2D eigenvalue weighted by atomic mass is 9.37. The van der Waals surface area contributed by atoms with E-state index in [9.17, 15) is 9.90 Å². The monoisotopic (exact) mass is 522 g/mol. The van der Waals surface area contributed by atoms with E-state index < -0.39 is 5.60 Å². The third-order valence-electron chi connectivity index (χ3n) is 12.6. The van der Waals surface area contributed by atoms with Crippen molar-refractivity contribution >= 4 is 16.8 Å². The number of rotatable bonds is 5. The number of carbonyl (C=O) groups is 1. The van der Waals surface area contributed by atoms with Gasteiger partial charge in [-0.3, -0.25) is 4.79 Å². The summed E-state index contributed by atoms with van der Waals surface area (Å²) in [4.78, 5) is 15.5. The van der Waals surface area contributed by atoms with Gasteiger partial charge >= 0.3 is 0 Å². The molecule has 38 heavy (non-hydrogen) atoms. The molecule has 1 unspecified atom stereocenters. The van der Waals surface area contributed by atoms with E-state index in [2.05, 4.69) is 31.0 Å². The number of fused-ring (bicyclic) bond motifs is 6. The number of nitrogens with two attached hydrogens (primary N) is 1. The highest BCUT2D eigenvalue weighted by Gasteiger charge is 2.70. The molecule has 4 fully saturated rings. The first kappa shape index (κ1) is 26.2. The Hall–Kier alpha value is -1.99. The van der Waals surface area contributed by atoms with Crippen LogP contribution in [0.4, 0.5) is 0 Å². The molecule has 6 rings (SSSR count). The molecule has 0 bridgehead atoms. The molecule has 0 spiro atoms. The average molecular weight is 523 g/mol. The minimum absolute atomic E-state index is 0.0185. The van der Waals surface area contributed by atoms with Gasteiger partial charge in [0.05, 0.1) is 12.7 Å². The van der Waals surface area contributed by atoms with Crippen LogP contribution in [-0.4, -0.2) is 44.1 Å². The predicted octanol–water partition coefficient (Wildman–Crippen LogP) is 5.28. The van der Waals surface area contributed by atoms with Crippen molar-refractivity contribution in [1.29, 1.82) is 0 Å². The fraction of sp³-hybridized carbons (Fsp3) is 0.774. The van der Waals surface area contributed by atoms with E-state index in [1.54, 1.807) is 11.9 Å². The number of benzene rings is 1. The first-order valence-electron chi connectivity index (χ1n) is 14.8. The topological polar surface area (TPSA) is 103 Å². The van der Waals surface area contributed by atoms with Crippen molar-refractivity contribution in [2.75, 3.05) is 7.11 Å². The molecule has 1 aromatic heterocycles. The van der Waals surface area contributed by atoms with Crippen LogP contribution in [0.1, 0.15) is 91.9 Å². The quantitative estimate of drug-likeness (QED) is 0.554. The molecule has 0 saturated heterocycles. The first-order chi connectivity index (χ1) is 17.9. The highest BCUT2D eigenvalue weighted by molar-refractivity contribution is 5.83. The molecule has 4 aliphatic carbocycles. The second kappa shape index (κ2) is 8.50. The normalized spacial score (nSPS) is 44.3. The van der Waals surface area contributed by atoms with E-state index in [1.165, 1.54) is 0 Å². The van der Waals surface area contributed by atoms with E-state index in [0.29, 0.717) is 29.5 Å². The molecule has 7 heteroatoms. The predicted molar refractivity (Wildman–Crippen MR) is 148 cm³/mol. The molecule has 3 N–H and O–H groups in total. The van der Waals surface area contributed by atoms with E-state index in [0.717, 1.165) is 63.3 Å². The van der Waals surface area contributed by atoms with Gasteiger partial charge < -0.3 is 15.6 Å². The largest absolute Gasteiger partial charge is 0.494 e. The third kappa shape index (κ3) is 3.43. The fourth-order valence-corrected chi connectivity index (χ4v) is 10.6. The molecule has 8 atom stereocenters. The van der Waals surface area contributed by atoms with Crippen LogP contribution in [-0.2, 0) is 11.3 Å². The van der Waals surface area contributed by atoms with Gasteiger partial charge in [-0.05, 0) is 111 Å². The van der Waals surface area contributed by atoms with Gasteiger partial charge in [0, 0.05) is 11.5 Å². The van der Waals surface area contributed by atoms with Gasteiger partial charge in [-0.15, -0.1) is 5.10 Å². The van der Waals surface area contributed by atoms with Gasteiger partial charge in [0.25, 0.3) is 0 Å². The van der Waals surface area contributed by atoms with Crippen LogP contribution in [0, 0.1) is 34.0 Å². The van der Waals surface area contributed by atoms with Crippen LogP contribution < -0.4 is 10.5 Å². The van der Waals surface area contributed by atoms with Gasteiger partial charge in [-0.2, -0.15) is 9.90 Å². The fourth-order valence-electron chi connectivity index (χ4n) is 10.6. The molecule has 0 aliphatic heterocycles. The number of ketones is 1. The number of hydrogen-bond acceptors (Lipinski definition) is 6. The zero-order chi connectivity index (χ0) is 27.1. The molecule has 1 heterocycles. The summed E-state index contributed by atoms with van der Waals surface area (Å²) in [5, 5.41) is 20.2. The zero-order valence-corrected chi connectivity index (χ0v) is 23.9. The molecular formula is C31H46N4O3. The maximum atomic E-state index is 14.0. The van der Waals surface area contributed by atoms with Crippen molar-refractivity contribution in [3.63, 3.8) is 0 Å². The standard InChI is InChI=1S/C31H46N4O3/c1-6-30-14-11-22(24(36)18-35-33-23-8-7-9-25(38-5)26(23)34-35)28(30,3)13-10-20-21(30)12-15-31(32)19-27(2,37)16-17-29(20,31)4/h7-9,20-22,37H,6,10-19,32H2,1-5H3/t20-,21?,22+,27+,28+,29+,30-,31+/m0/s1. The number of carbonyl (C=O) groups excluding carboxylic acids is 1. The summed E-state index contributed by atoms with van der Waals surface area (Å²) in [6, 6.07) is 5.70. The SMILES string of the molecule is CC[C@@]12CC[C@H](C(=O)Cn3nc4cccc(OC)c4n3)[C@@]1(C)CC[C@H]1C2CC[C@@]2(N)C[C@](C)(O)CC[C@]12C. The number of ether oxygens (including phenoxy) is 1. The van der Waals surface area contributed by atoms with E-state index in [1.807, 2.05) is 25.1 Å². The number of Topliss-reactive ketones (excluding diaryl/α,β-unsaturated/α-hetero) is 1. The third-order valence-corrected chi connectivity index (χ3v) is 12.6. The van der Waals surface area contributed by atoms with Gasteiger partial charge in [-0.25, -0.2) is 0 Å². The molecule has 208 valence electrons. The minimum Gasteiger partial charge on any atom is -0.494 e. The van der Waals surface area contributed by atoms with Crippen LogP contribution in [0.5, 0.6) is 5.75 Å². The summed E-state index contributed by atoms with van der Waals surface area (Å²) in [6.07, 6.45) is 10.0. The Labute approximate surface area is 226 Å². The second-order valence-corrected chi connectivity index (χ2v) is 14.1. The Bertz CT molecular complexity index is 1260. The molecule has 1 aromatic carbocycles. The van der Waals surface area contributed by atoms with E-state index >= 15 is 0 Å². The van der Waals surface area contributed by atoms with Crippen molar-refractivity contribution in [2.45, 2.75) is 110 Å². The van der Waals surface area contributed by atoms with Crippen LogP contribution >= 0.6 is 0 Å². The number of methoxy groups -OCH3 is 1. The average Bonchev–Trinajstić information content (AvgIpc) is 3.42. The van der Waals surface area contributed by atoms with Gasteiger partial charge in [0.1, 0.15) is 17.8 Å². The van der Waals surface area contributed by atoms with Crippen LogP contribution in [0.3, 0.4) is 0 Å². The van der Waals surface area contributed by atoms with Crippen molar-refractivity contribution in [3.05, 3.63) is 18.2 Å². The molecule has 0 radical (unpaired) electrons. The second-order valence-electron chi connectivity index (χ2n) is 14.1. The summed E-state index contributed by atoms with van der Waals surface area (Å²) in [5.74, 6) is 2.13. The first-order valence-corrected chi connectivity index (χ1v) is 14.8. The minimum atomic E-state index is -0.660. The van der Waals surface area contributed by atoms with E-state index in [-0.39, 0.29) is 40.0 Å². The lowest BCUT2D eigenvalue weighted by Crippen LogP contribution is -2.70. The molecule has 0 amide bonds. The smallest absolute Gasteiger partial charge is 0.159 e. The highest BCUT2D eigenvalue weighted by atomic mass is 16.5. The Morgan fingerprint density at radius 3 is 2.55 bits per heavy atom. The van der Waals surface area contributed by atoms with E-state index in [4.69, 9.17) is 10.5 Å². The number of nitrogens with zero attached hydrogens (tertiary/aromatic N) is 3. The number of hydrogen-bond donors (Lipinski definition) is 2. The van der Waals surface area contributed by atoms with Crippen molar-refractivity contribution in [2.24, 2.45) is 39.7 Å². The number of aliphatic hydroxyl groups is 1.